The van der Waals surface area contributed by atoms with Gasteiger partial charge in [0, 0.05) is 26.0 Å². The third-order valence-electron chi connectivity index (χ3n) is 3.54. The molecule has 0 bridgehead atoms. The van der Waals surface area contributed by atoms with Gasteiger partial charge in [0.05, 0.1) is 13.2 Å². The first-order valence-corrected chi connectivity index (χ1v) is 10.8. The molecule has 1 unspecified atom stereocenters. The Labute approximate surface area is 162 Å². The number of H-pyrrole nitrogens is 1. The predicted octanol–water partition coefficient (Wildman–Crippen LogP) is 1.06. The minimum atomic E-state index is -2.72. The van der Waals surface area contributed by atoms with Crippen molar-refractivity contribution in [3.63, 3.8) is 0 Å². The zero-order valence-electron chi connectivity index (χ0n) is 15.8. The van der Waals surface area contributed by atoms with Crippen molar-refractivity contribution in [3.8, 4) is 5.75 Å². The highest BCUT2D eigenvalue weighted by molar-refractivity contribution is 7.62. The van der Waals surface area contributed by atoms with Crippen LogP contribution < -0.4 is 16.0 Å². The second-order valence-corrected chi connectivity index (χ2v) is 8.52. The van der Waals surface area contributed by atoms with Crippen molar-refractivity contribution in [2.45, 2.75) is 12.3 Å². The Kier molecular flexibility index (Phi) is 8.22. The van der Waals surface area contributed by atoms with Crippen LogP contribution >= 0.6 is 7.34 Å². The molecule has 10 heteroatoms. The van der Waals surface area contributed by atoms with Gasteiger partial charge < -0.3 is 23.6 Å². The number of benzene rings is 1. The number of aromatic amines is 1. The largest absolute Gasteiger partial charge is 0.489 e. The van der Waals surface area contributed by atoms with Gasteiger partial charge in [0.25, 0.3) is 5.56 Å². The summed E-state index contributed by atoms with van der Waals surface area (Å²) in [7, 11) is -1.23. The predicted molar refractivity (Wildman–Crippen MR) is 107 cm³/mol. The molecule has 0 amide bonds. The van der Waals surface area contributed by atoms with Crippen LogP contribution in [-0.2, 0) is 14.0 Å². The Balaban J connectivity index is 2.21. The van der Waals surface area contributed by atoms with Gasteiger partial charge in [-0.15, -0.1) is 0 Å². The normalized spacial score (nSPS) is 15.5. The maximum Gasteiger partial charge on any atom is 0.330 e. The second kappa shape index (κ2) is 10.4. The Bertz CT molecular complexity index is 891. The quantitative estimate of drug-likeness (QED) is 0.531. The summed E-state index contributed by atoms with van der Waals surface area (Å²) in [6, 6.07) is 10.2. The first-order valence-electron chi connectivity index (χ1n) is 8.50. The summed E-state index contributed by atoms with van der Waals surface area (Å²) in [5.74, 6) is 0.597. The molecule has 154 valence electrons. The van der Waals surface area contributed by atoms with E-state index in [0.717, 1.165) is 0 Å². The molecule has 1 heterocycles. The van der Waals surface area contributed by atoms with Crippen LogP contribution in [0.25, 0.3) is 0 Å². The Morgan fingerprint density at radius 3 is 2.50 bits per heavy atom. The molecule has 0 spiro atoms. The van der Waals surface area contributed by atoms with Gasteiger partial charge in [0.15, 0.2) is 6.23 Å². The van der Waals surface area contributed by atoms with Crippen LogP contribution in [0.1, 0.15) is 6.23 Å². The Hall–Kier alpha value is -2.16. The third-order valence-corrected chi connectivity index (χ3v) is 4.24. The maximum atomic E-state index is 12.2. The van der Waals surface area contributed by atoms with Crippen LogP contribution in [0, 0.1) is 0 Å². The maximum absolute atomic E-state index is 12.2. The highest BCUT2D eigenvalue weighted by atomic mass is 31.2. The SMILES string of the molecule is C=P(C)(O)OC[C@@H](COC)O[C@H](COc1ccccc1)n1ccc(=O)[nH]c1=O. The molecular weight excluding hydrogens is 387 g/mol. The van der Waals surface area contributed by atoms with Gasteiger partial charge in [-0.05, 0) is 12.1 Å². The van der Waals surface area contributed by atoms with Gasteiger partial charge in [-0.3, -0.25) is 14.3 Å². The molecule has 0 fully saturated rings. The lowest BCUT2D eigenvalue weighted by Crippen LogP contribution is -2.38. The molecule has 2 rings (SSSR count). The zero-order chi connectivity index (χ0) is 20.6. The number of nitrogens with zero attached hydrogens (tertiary/aromatic N) is 1. The van der Waals surface area contributed by atoms with Crippen molar-refractivity contribution >= 4 is 13.6 Å². The summed E-state index contributed by atoms with van der Waals surface area (Å²) in [6.07, 6.45) is 3.41. The fourth-order valence-corrected chi connectivity index (χ4v) is 2.79. The summed E-state index contributed by atoms with van der Waals surface area (Å²) in [6.45, 7) is 1.66. The van der Waals surface area contributed by atoms with Crippen molar-refractivity contribution in [1.29, 1.82) is 0 Å². The van der Waals surface area contributed by atoms with Gasteiger partial charge in [0.2, 0.25) is 0 Å². The molecule has 0 saturated carbocycles. The van der Waals surface area contributed by atoms with Crippen molar-refractivity contribution in [2.24, 2.45) is 0 Å². The summed E-state index contributed by atoms with van der Waals surface area (Å²) >= 11 is 0. The first kappa shape index (κ1) is 22.1. The van der Waals surface area contributed by atoms with Gasteiger partial charge >= 0.3 is 5.69 Å². The molecule has 0 aliphatic rings. The molecule has 0 saturated heterocycles. The van der Waals surface area contributed by atoms with Crippen LogP contribution in [0.15, 0.2) is 52.2 Å². The summed E-state index contributed by atoms with van der Waals surface area (Å²) in [5.41, 5.74) is -1.15. The van der Waals surface area contributed by atoms with Gasteiger partial charge in [-0.25, -0.2) is 4.79 Å². The summed E-state index contributed by atoms with van der Waals surface area (Å²) in [5, 5.41) is 0. The number of aromatic nitrogens is 2. The Morgan fingerprint density at radius 1 is 1.18 bits per heavy atom. The smallest absolute Gasteiger partial charge is 0.330 e. The molecule has 0 aliphatic carbocycles. The van der Waals surface area contributed by atoms with E-state index in [9.17, 15) is 14.5 Å². The lowest BCUT2D eigenvalue weighted by molar-refractivity contribution is -0.111. The number of nitrogens with one attached hydrogen (secondary N) is 1. The molecule has 28 heavy (non-hydrogen) atoms. The average molecular weight is 412 g/mol. The Morgan fingerprint density at radius 2 is 1.89 bits per heavy atom. The van der Waals surface area contributed by atoms with Crippen LogP contribution in [-0.4, -0.2) is 60.4 Å². The second-order valence-electron chi connectivity index (χ2n) is 6.16. The van der Waals surface area contributed by atoms with Crippen molar-refractivity contribution < 1.29 is 23.6 Å². The number of rotatable bonds is 11. The number of para-hydroxylation sites is 1. The molecule has 9 nitrogen and oxygen atoms in total. The van der Waals surface area contributed by atoms with Crippen LogP contribution in [0.5, 0.6) is 5.75 Å². The van der Waals surface area contributed by atoms with Gasteiger partial charge in [0.1, 0.15) is 25.8 Å². The molecule has 0 radical (unpaired) electrons. The molecule has 0 aliphatic heterocycles. The van der Waals surface area contributed by atoms with E-state index >= 15 is 0 Å². The monoisotopic (exact) mass is 412 g/mol. The molecule has 3 atom stereocenters. The third kappa shape index (κ3) is 7.46. The molecule has 1 aromatic carbocycles. The highest BCUT2D eigenvalue weighted by Gasteiger charge is 2.22. The molecule has 2 N–H and O–H groups in total. The van der Waals surface area contributed by atoms with E-state index in [1.807, 2.05) is 18.2 Å². The van der Waals surface area contributed by atoms with Gasteiger partial charge in [-0.2, -0.15) is 0 Å². The van der Waals surface area contributed by atoms with E-state index in [0.29, 0.717) is 5.75 Å². The summed E-state index contributed by atoms with van der Waals surface area (Å²) in [4.78, 5) is 35.5. The molecular formula is C18H25N2O7P. The number of methoxy groups -OCH3 is 1. The van der Waals surface area contributed by atoms with E-state index in [1.54, 1.807) is 12.1 Å². The topological polar surface area (TPSA) is 112 Å². The molecule has 1 aromatic heterocycles. The minimum Gasteiger partial charge on any atom is -0.489 e. The van der Waals surface area contributed by atoms with Gasteiger partial charge in [-0.1, -0.05) is 24.5 Å². The van der Waals surface area contributed by atoms with E-state index in [-0.39, 0.29) is 19.8 Å². The van der Waals surface area contributed by atoms with E-state index < -0.39 is 30.9 Å². The fourth-order valence-electron chi connectivity index (χ4n) is 2.30. The van der Waals surface area contributed by atoms with Crippen LogP contribution in [0.4, 0.5) is 0 Å². The van der Waals surface area contributed by atoms with Crippen molar-refractivity contribution in [1.82, 2.24) is 9.55 Å². The van der Waals surface area contributed by atoms with Crippen molar-refractivity contribution in [2.75, 3.05) is 33.6 Å². The number of hydrogen-bond donors (Lipinski definition) is 2. The number of hydrogen-bond acceptors (Lipinski definition) is 7. The fraction of sp³-hybridized carbons (Fsp3) is 0.389. The number of ether oxygens (including phenoxy) is 3. The van der Waals surface area contributed by atoms with E-state index in [4.69, 9.17) is 18.7 Å². The van der Waals surface area contributed by atoms with E-state index in [2.05, 4.69) is 11.3 Å². The highest BCUT2D eigenvalue weighted by Crippen LogP contribution is 2.36. The van der Waals surface area contributed by atoms with E-state index in [1.165, 1.54) is 30.6 Å². The minimum absolute atomic E-state index is 0.00785. The van der Waals surface area contributed by atoms with Crippen LogP contribution in [0.3, 0.4) is 0 Å². The lowest BCUT2D eigenvalue weighted by atomic mass is 10.3. The van der Waals surface area contributed by atoms with Crippen LogP contribution in [0.2, 0.25) is 0 Å². The first-order chi connectivity index (χ1) is 13.3. The standard InChI is InChI=1S/C18H25N2O7P/c1-24-11-15(12-26-28(2,3)23)27-17(13-25-14-7-5-4-6-8-14)20-10-9-16(21)19-18(20)22/h4-10,15,17,23H,2,11-13H2,1,3H3,(H,19,21,22)/t15-,17-,28?/m1/s1. The van der Waals surface area contributed by atoms with Crippen molar-refractivity contribution in [3.05, 3.63) is 63.4 Å². The zero-order valence-corrected chi connectivity index (χ0v) is 16.7. The summed E-state index contributed by atoms with van der Waals surface area (Å²) < 4.78 is 23.4. The lowest BCUT2D eigenvalue weighted by Gasteiger charge is -2.26. The molecule has 2 aromatic rings. The average Bonchev–Trinajstić information content (AvgIpc) is 2.63.